The molecule has 4 fully saturated rings. The first-order chi connectivity index (χ1) is 14.5. The predicted octanol–water partition coefficient (Wildman–Crippen LogP) is 6.23. The molecule has 4 aliphatic carbocycles. The number of nitrogens with one attached hydrogen (secondary N) is 1. The summed E-state index contributed by atoms with van der Waals surface area (Å²) in [4.78, 5) is 0. The number of ether oxygens (including phenoxy) is 2. The van der Waals surface area contributed by atoms with Gasteiger partial charge in [-0.05, 0) is 74.5 Å². The Morgan fingerprint density at radius 2 is 1.70 bits per heavy atom. The van der Waals surface area contributed by atoms with Crippen molar-refractivity contribution in [1.82, 2.24) is 5.32 Å². The van der Waals surface area contributed by atoms with Crippen molar-refractivity contribution in [2.75, 3.05) is 7.11 Å². The lowest BCUT2D eigenvalue weighted by Crippen LogP contribution is -2.58. The van der Waals surface area contributed by atoms with Gasteiger partial charge in [-0.1, -0.05) is 34.1 Å². The van der Waals surface area contributed by atoms with Gasteiger partial charge in [0, 0.05) is 27.7 Å². The highest BCUT2D eigenvalue weighted by Gasteiger charge is 2.50. The van der Waals surface area contributed by atoms with E-state index in [1.165, 1.54) is 44.6 Å². The van der Waals surface area contributed by atoms with Crippen molar-refractivity contribution in [1.29, 1.82) is 0 Å². The monoisotopic (exact) mass is 473 g/mol. The number of methoxy groups -OCH3 is 1. The summed E-state index contributed by atoms with van der Waals surface area (Å²) in [6.45, 7) is 0.889. The minimum atomic E-state index is -0.250. The summed E-state index contributed by atoms with van der Waals surface area (Å²) >= 11 is 3.71. The molecular weight excluding hydrogens is 445 g/mol. The molecule has 0 aromatic heterocycles. The van der Waals surface area contributed by atoms with Crippen LogP contribution in [-0.2, 0) is 13.2 Å². The van der Waals surface area contributed by atoms with Gasteiger partial charge in [-0.15, -0.1) is 0 Å². The van der Waals surface area contributed by atoms with E-state index in [2.05, 4.69) is 21.2 Å². The summed E-state index contributed by atoms with van der Waals surface area (Å²) in [7, 11) is 1.65. The topological polar surface area (TPSA) is 30.5 Å². The van der Waals surface area contributed by atoms with Crippen LogP contribution in [0.2, 0.25) is 0 Å². The van der Waals surface area contributed by atoms with Gasteiger partial charge in [-0.2, -0.15) is 0 Å². The van der Waals surface area contributed by atoms with Gasteiger partial charge in [-0.25, -0.2) is 4.39 Å². The minimum absolute atomic E-state index is 0.170. The third kappa shape index (κ3) is 3.87. The third-order valence-corrected chi connectivity index (χ3v) is 8.14. The van der Waals surface area contributed by atoms with Gasteiger partial charge < -0.3 is 14.8 Å². The Bertz CT molecular complexity index is 896. The molecule has 160 valence electrons. The lowest BCUT2D eigenvalue weighted by Gasteiger charge is -2.57. The van der Waals surface area contributed by atoms with E-state index in [1.807, 2.05) is 18.2 Å². The Balaban J connectivity index is 1.37. The van der Waals surface area contributed by atoms with E-state index in [-0.39, 0.29) is 18.0 Å². The van der Waals surface area contributed by atoms with E-state index in [0.29, 0.717) is 17.1 Å². The van der Waals surface area contributed by atoms with Gasteiger partial charge in [0.05, 0.1) is 7.11 Å². The summed E-state index contributed by atoms with van der Waals surface area (Å²) < 4.78 is 26.8. The van der Waals surface area contributed by atoms with Crippen LogP contribution in [-0.4, -0.2) is 12.6 Å². The van der Waals surface area contributed by atoms with E-state index in [0.717, 1.165) is 34.3 Å². The molecule has 5 heteroatoms. The fourth-order valence-electron chi connectivity index (χ4n) is 6.43. The fraction of sp³-hybridized carbons (Fsp3) is 0.520. The van der Waals surface area contributed by atoms with Crippen molar-refractivity contribution in [3.63, 3.8) is 0 Å². The molecule has 2 aromatic rings. The lowest BCUT2D eigenvalue weighted by molar-refractivity contribution is -0.0207. The second-order valence-corrected chi connectivity index (χ2v) is 10.3. The van der Waals surface area contributed by atoms with Crippen LogP contribution in [0.3, 0.4) is 0 Å². The van der Waals surface area contributed by atoms with Crippen LogP contribution in [0.1, 0.15) is 49.7 Å². The van der Waals surface area contributed by atoms with Crippen LogP contribution >= 0.6 is 15.9 Å². The van der Waals surface area contributed by atoms with Crippen molar-refractivity contribution in [3.05, 3.63) is 57.8 Å². The smallest absolute Gasteiger partial charge is 0.167 e. The van der Waals surface area contributed by atoms with Gasteiger partial charge in [0.25, 0.3) is 0 Å². The van der Waals surface area contributed by atoms with Crippen LogP contribution < -0.4 is 14.8 Å². The molecule has 0 unspecified atom stereocenters. The maximum Gasteiger partial charge on any atom is 0.167 e. The summed E-state index contributed by atoms with van der Waals surface area (Å²) in [6.07, 6.45) is 8.19. The zero-order chi connectivity index (χ0) is 20.7. The zero-order valence-electron chi connectivity index (χ0n) is 17.4. The first kappa shape index (κ1) is 20.3. The first-order valence-corrected chi connectivity index (χ1v) is 11.8. The molecule has 6 rings (SSSR count). The number of rotatable bonds is 7. The maximum atomic E-state index is 14.1. The lowest BCUT2D eigenvalue weighted by atomic mass is 9.53. The maximum absolute atomic E-state index is 14.1. The van der Waals surface area contributed by atoms with Crippen LogP contribution in [0.15, 0.2) is 40.9 Å². The molecule has 4 bridgehead atoms. The molecular formula is C25H29BrFNO2. The van der Waals surface area contributed by atoms with Crippen molar-refractivity contribution in [2.24, 2.45) is 17.8 Å². The van der Waals surface area contributed by atoms with E-state index in [1.54, 1.807) is 19.2 Å². The van der Waals surface area contributed by atoms with Crippen LogP contribution in [0.4, 0.5) is 4.39 Å². The van der Waals surface area contributed by atoms with Crippen LogP contribution in [0.25, 0.3) is 0 Å². The third-order valence-electron chi connectivity index (χ3n) is 7.40. The average Bonchev–Trinajstić information content (AvgIpc) is 2.71. The summed E-state index contributed by atoms with van der Waals surface area (Å²) in [5.41, 5.74) is 1.85. The largest absolute Gasteiger partial charge is 0.493 e. The van der Waals surface area contributed by atoms with Gasteiger partial charge in [-0.3, -0.25) is 0 Å². The number of hydrogen-bond acceptors (Lipinski definition) is 3. The second kappa shape index (κ2) is 8.16. The molecule has 2 aromatic carbocycles. The molecule has 4 aliphatic rings. The van der Waals surface area contributed by atoms with E-state index in [4.69, 9.17) is 9.47 Å². The molecule has 0 aliphatic heterocycles. The van der Waals surface area contributed by atoms with Gasteiger partial charge in [0.15, 0.2) is 11.5 Å². The summed E-state index contributed by atoms with van der Waals surface area (Å²) in [5, 5.41) is 3.95. The molecule has 3 nitrogen and oxygen atoms in total. The molecule has 1 N–H and O–H groups in total. The van der Waals surface area contributed by atoms with Crippen molar-refractivity contribution >= 4 is 15.9 Å². The van der Waals surface area contributed by atoms with Crippen LogP contribution in [0, 0.1) is 23.6 Å². The summed E-state index contributed by atoms with van der Waals surface area (Å²) in [6, 6.07) is 10.6. The molecule has 0 saturated heterocycles. The van der Waals surface area contributed by atoms with E-state index < -0.39 is 0 Å². The van der Waals surface area contributed by atoms with Crippen molar-refractivity contribution < 1.29 is 13.9 Å². The molecule has 0 spiro atoms. The highest BCUT2D eigenvalue weighted by molar-refractivity contribution is 9.10. The molecule has 0 heterocycles. The Hall–Kier alpha value is -1.59. The van der Waals surface area contributed by atoms with E-state index >= 15 is 0 Å². The Labute approximate surface area is 186 Å². The van der Waals surface area contributed by atoms with Crippen molar-refractivity contribution in [3.8, 4) is 11.5 Å². The van der Waals surface area contributed by atoms with Gasteiger partial charge in [0.2, 0.25) is 0 Å². The molecule has 0 atom stereocenters. The fourth-order valence-corrected chi connectivity index (χ4v) is 6.89. The minimum Gasteiger partial charge on any atom is -0.493 e. The van der Waals surface area contributed by atoms with Gasteiger partial charge >= 0.3 is 0 Å². The first-order valence-electron chi connectivity index (χ1n) is 11.0. The van der Waals surface area contributed by atoms with Crippen molar-refractivity contribution in [2.45, 2.75) is 57.2 Å². The van der Waals surface area contributed by atoms with Gasteiger partial charge in [0.1, 0.15) is 12.4 Å². The predicted molar refractivity (Wildman–Crippen MR) is 119 cm³/mol. The normalized spacial score (nSPS) is 29.2. The SMILES string of the molecule is COc1ccc(Br)c(CNC23CC4CC(CC(C4)C2)C3)c1OCc1ccccc1F. The molecule has 4 saturated carbocycles. The number of halogens is 2. The molecule has 0 radical (unpaired) electrons. The number of hydrogen-bond donors (Lipinski definition) is 1. The Morgan fingerprint density at radius 1 is 1.03 bits per heavy atom. The average molecular weight is 474 g/mol. The quantitative estimate of drug-likeness (QED) is 0.516. The summed E-state index contributed by atoms with van der Waals surface area (Å²) in [5.74, 6) is 3.81. The highest BCUT2D eigenvalue weighted by atomic mass is 79.9. The zero-order valence-corrected chi connectivity index (χ0v) is 19.0. The van der Waals surface area contributed by atoms with Crippen LogP contribution in [0.5, 0.6) is 11.5 Å². The standard InChI is InChI=1S/C25H29BrFNO2/c1-29-23-7-6-21(26)20(24(23)30-15-19-4-2-3-5-22(19)27)14-28-25-11-16-8-17(12-25)10-18(9-16)13-25/h2-7,16-18,28H,8-15H2,1H3. The number of benzene rings is 2. The van der Waals surface area contributed by atoms with E-state index in [9.17, 15) is 4.39 Å². The molecule has 30 heavy (non-hydrogen) atoms. The Kier molecular flexibility index (Phi) is 5.53. The highest BCUT2D eigenvalue weighted by Crippen LogP contribution is 2.55. The Morgan fingerprint density at radius 3 is 2.33 bits per heavy atom. The molecule has 0 amide bonds. The second-order valence-electron chi connectivity index (χ2n) is 9.49.